The number of nitrogens with zero attached hydrogens (tertiary/aromatic N) is 9. The minimum absolute atomic E-state index is 0. The largest absolute Gasteiger partial charge is 3.00 e. The van der Waals surface area contributed by atoms with Crippen LogP contribution < -0.4 is 0 Å². The Balaban J connectivity index is 0.000000168. The van der Waals surface area contributed by atoms with Gasteiger partial charge in [-0.15, -0.1) is 11.1 Å². The molecule has 6 rings (SSSR count). The Kier molecular flexibility index (Phi) is 9.29. The molecule has 0 aliphatic heterocycles. The number of hydrogen-bond donors (Lipinski definition) is 0. The van der Waals surface area contributed by atoms with Crippen LogP contribution in [0, 0.1) is 18.5 Å². The summed E-state index contributed by atoms with van der Waals surface area (Å²) in [6.45, 7) is 2.86. The van der Waals surface area contributed by atoms with E-state index in [2.05, 4.69) is 55.7 Å². The normalized spacial score (nSPS) is 10.4. The average molecular weight is 667 g/mol. The van der Waals surface area contributed by atoms with Gasteiger partial charge in [-0.3, -0.25) is 14.3 Å². The number of benzene rings is 1. The van der Waals surface area contributed by atoms with E-state index >= 15 is 0 Å². The molecule has 10 heteroatoms. The molecule has 0 aliphatic carbocycles. The van der Waals surface area contributed by atoms with Crippen LogP contribution in [0.2, 0.25) is 0 Å². The minimum atomic E-state index is 0. The van der Waals surface area contributed by atoms with Crippen molar-refractivity contribution in [2.75, 3.05) is 0 Å². The van der Waals surface area contributed by atoms with Gasteiger partial charge in [-0.25, -0.2) is 0 Å². The first-order chi connectivity index (χ1) is 17.8. The van der Waals surface area contributed by atoms with Crippen molar-refractivity contribution < 1.29 is 20.1 Å². The van der Waals surface area contributed by atoms with E-state index < -0.39 is 0 Å². The van der Waals surface area contributed by atoms with Crippen molar-refractivity contribution in [3.8, 4) is 0 Å². The fraction of sp³-hybridized carbons (Fsp3) is 0.148. The summed E-state index contributed by atoms with van der Waals surface area (Å²) in [6, 6.07) is 19.4. The second kappa shape index (κ2) is 13.2. The summed E-state index contributed by atoms with van der Waals surface area (Å²) in [5.74, 6) is 0. The van der Waals surface area contributed by atoms with Crippen molar-refractivity contribution in [1.29, 1.82) is 0 Å². The summed E-state index contributed by atoms with van der Waals surface area (Å²) >= 11 is 0. The molecule has 0 radical (unpaired) electrons. The van der Waals surface area contributed by atoms with Gasteiger partial charge in [0.25, 0.3) is 0 Å². The van der Waals surface area contributed by atoms with Crippen LogP contribution in [0.4, 0.5) is 0 Å². The summed E-state index contributed by atoms with van der Waals surface area (Å²) in [5, 5.41) is 8.39. The molecule has 0 atom stereocenters. The molecule has 37 heavy (non-hydrogen) atoms. The zero-order valence-corrected chi connectivity index (χ0v) is 22.3. The topological polar surface area (TPSA) is 84.2 Å². The van der Waals surface area contributed by atoms with Crippen molar-refractivity contribution in [3.63, 3.8) is 0 Å². The summed E-state index contributed by atoms with van der Waals surface area (Å²) in [7, 11) is 0. The molecule has 0 amide bonds. The first-order valence-electron chi connectivity index (χ1n) is 11.5. The smallest absolute Gasteiger partial charge is 0.496 e. The number of aromatic nitrogens is 9. The fourth-order valence-corrected chi connectivity index (χ4v) is 3.63. The molecule has 0 fully saturated rings. The second-order valence-electron chi connectivity index (χ2n) is 8.03. The maximum Gasteiger partial charge on any atom is 3.00 e. The third kappa shape index (κ3) is 7.93. The molecule has 0 N–H and O–H groups in total. The molecule has 1 aromatic carbocycles. The van der Waals surface area contributed by atoms with Crippen molar-refractivity contribution in [2.45, 2.75) is 26.2 Å². The van der Waals surface area contributed by atoms with Crippen LogP contribution in [0.3, 0.4) is 0 Å². The van der Waals surface area contributed by atoms with Crippen molar-refractivity contribution >= 4 is 0 Å². The van der Waals surface area contributed by atoms with Crippen LogP contribution in [-0.2, 0) is 46.3 Å². The van der Waals surface area contributed by atoms with E-state index in [1.54, 1.807) is 37.4 Å². The van der Waals surface area contributed by atoms with E-state index in [0.717, 1.165) is 35.6 Å². The quantitative estimate of drug-likeness (QED) is 0.233. The Morgan fingerprint density at radius 2 is 1.14 bits per heavy atom. The van der Waals surface area contributed by atoms with Gasteiger partial charge in [0.1, 0.15) is 0 Å². The zero-order valence-electron chi connectivity index (χ0n) is 19.9. The summed E-state index contributed by atoms with van der Waals surface area (Å²) in [4.78, 5) is 12.5. The van der Waals surface area contributed by atoms with Crippen LogP contribution in [0.25, 0.3) is 0 Å². The van der Waals surface area contributed by atoms with Crippen molar-refractivity contribution in [1.82, 2.24) is 43.6 Å². The first kappa shape index (κ1) is 25.9. The summed E-state index contributed by atoms with van der Waals surface area (Å²) in [6.07, 6.45) is 20.2. The molecule has 186 valence electrons. The van der Waals surface area contributed by atoms with Crippen LogP contribution in [0.1, 0.15) is 22.5 Å². The van der Waals surface area contributed by atoms with Gasteiger partial charge >= 0.3 is 20.1 Å². The van der Waals surface area contributed by atoms with E-state index in [0.29, 0.717) is 13.1 Å². The van der Waals surface area contributed by atoms with Crippen LogP contribution in [0.5, 0.6) is 0 Å². The second-order valence-corrected chi connectivity index (χ2v) is 8.03. The predicted octanol–water partition coefficient (Wildman–Crippen LogP) is 3.15. The van der Waals surface area contributed by atoms with Gasteiger partial charge in [-0.05, 0) is 24.3 Å². The Labute approximate surface area is 228 Å². The Hall–Kier alpha value is -4.14. The van der Waals surface area contributed by atoms with Gasteiger partial charge in [0.15, 0.2) is 0 Å². The molecule has 9 nitrogen and oxygen atoms in total. The summed E-state index contributed by atoms with van der Waals surface area (Å²) in [5.41, 5.74) is 4.23. The van der Waals surface area contributed by atoms with Crippen molar-refractivity contribution in [2.24, 2.45) is 0 Å². The minimum Gasteiger partial charge on any atom is -0.496 e. The summed E-state index contributed by atoms with van der Waals surface area (Å²) < 4.78 is 7.53. The monoisotopic (exact) mass is 667 g/mol. The van der Waals surface area contributed by atoms with E-state index in [9.17, 15) is 0 Å². The third-order valence-corrected chi connectivity index (χ3v) is 5.24. The van der Waals surface area contributed by atoms with E-state index in [1.807, 2.05) is 67.3 Å². The molecule has 0 bridgehead atoms. The van der Waals surface area contributed by atoms with E-state index in [4.69, 9.17) is 0 Å². The zero-order chi connectivity index (χ0) is 24.4. The maximum absolute atomic E-state index is 4.59. The van der Waals surface area contributed by atoms with Gasteiger partial charge < -0.3 is 19.1 Å². The van der Waals surface area contributed by atoms with Gasteiger partial charge in [-0.2, -0.15) is 46.9 Å². The molecule has 0 saturated heterocycles. The van der Waals surface area contributed by atoms with E-state index in [-0.39, 0.29) is 20.1 Å². The Bertz CT molecular complexity index is 1210. The SMILES string of the molecule is [Ir+3].[c-]1c(Cn2cccn2)cccc1Cn1cccn1.[c-]1cncn1Cc1cccc(Cn2[c-]cnc2)n1. The molecular weight excluding hydrogens is 643 g/mol. The van der Waals surface area contributed by atoms with Gasteiger partial charge in [0.2, 0.25) is 0 Å². The number of rotatable bonds is 8. The maximum atomic E-state index is 4.59. The van der Waals surface area contributed by atoms with Crippen LogP contribution in [-0.4, -0.2) is 43.6 Å². The van der Waals surface area contributed by atoms with Crippen molar-refractivity contribution in [3.05, 3.63) is 139 Å². The van der Waals surface area contributed by atoms with Gasteiger partial charge in [0, 0.05) is 51.0 Å². The number of pyridine rings is 1. The van der Waals surface area contributed by atoms with Gasteiger partial charge in [0.05, 0.1) is 11.4 Å². The molecule has 5 aromatic heterocycles. The third-order valence-electron chi connectivity index (χ3n) is 5.24. The van der Waals surface area contributed by atoms with Crippen LogP contribution in [0.15, 0.2) is 98.4 Å². The van der Waals surface area contributed by atoms with E-state index in [1.165, 1.54) is 0 Å². The molecule has 6 aromatic rings. The molecule has 0 saturated carbocycles. The Morgan fingerprint density at radius 1 is 0.622 bits per heavy atom. The molecule has 5 heterocycles. The molecule has 0 aliphatic rings. The Morgan fingerprint density at radius 3 is 1.57 bits per heavy atom. The predicted molar refractivity (Wildman–Crippen MR) is 133 cm³/mol. The molecule has 0 unspecified atom stereocenters. The number of hydrogen-bond acceptors (Lipinski definition) is 5. The number of imidazole rings is 2. The first-order valence-corrected chi connectivity index (χ1v) is 11.5. The molecule has 0 spiro atoms. The average Bonchev–Trinajstić information content (AvgIpc) is 3.70. The van der Waals surface area contributed by atoms with Gasteiger partial charge in [-0.1, -0.05) is 31.1 Å². The van der Waals surface area contributed by atoms with Crippen LogP contribution >= 0.6 is 0 Å². The standard InChI is InChI=1S/C14H13N4.C13H11N5.Ir/c1-4-13(11-17-8-2-6-15-17)10-14(5-1)12-18-9-3-7-16-18;1-2-12(8-17-6-4-14-10-17)16-13(3-1)9-18-7-5-15-11-18;/h1-9H,11-12H2;1-5,10-11H,8-9H2;/q-1;-2;+3. The fourth-order valence-electron chi connectivity index (χ4n) is 3.63. The molecular formula is C27H24IrN9.